The first kappa shape index (κ1) is 39.0. The molecule has 8 fully saturated rings. The molecule has 4 aliphatic heterocycles. The third-order valence-corrected chi connectivity index (χ3v) is 18.2. The molecule has 6 aliphatic carbocycles. The van der Waals surface area contributed by atoms with Gasteiger partial charge in [-0.15, -0.1) is 0 Å². The van der Waals surface area contributed by atoms with E-state index in [1.54, 1.807) is 14.1 Å². The van der Waals surface area contributed by atoms with Crippen LogP contribution < -0.4 is 0 Å². The second-order valence-corrected chi connectivity index (χ2v) is 20.4. The van der Waals surface area contributed by atoms with Crippen molar-refractivity contribution >= 4 is 23.4 Å². The molecule has 0 bridgehead atoms. The van der Waals surface area contributed by atoms with E-state index in [0.29, 0.717) is 23.7 Å². The van der Waals surface area contributed by atoms with Crippen LogP contribution in [0.3, 0.4) is 0 Å². The van der Waals surface area contributed by atoms with Gasteiger partial charge in [0.15, 0.2) is 22.4 Å². The highest BCUT2D eigenvalue weighted by Crippen LogP contribution is 2.74. The van der Waals surface area contributed by atoms with Gasteiger partial charge in [-0.3, -0.25) is 19.2 Å². The molecule has 0 radical (unpaired) electrons. The Hall–Kier alpha value is -2.48. The largest absolute Gasteiger partial charge is 0.394 e. The summed E-state index contributed by atoms with van der Waals surface area (Å²) < 4.78 is 11.9. The summed E-state index contributed by atoms with van der Waals surface area (Å²) in [4.78, 5) is 58.3. The number of likely N-dealkylation sites (N-methyl/N-ethyl adjacent to an activating group) is 2. The highest BCUT2D eigenvalue weighted by molar-refractivity contribution is 6.15. The first-order valence-electron chi connectivity index (χ1n) is 21.3. The van der Waals surface area contributed by atoms with Crippen molar-refractivity contribution in [2.75, 3.05) is 27.3 Å². The van der Waals surface area contributed by atoms with Crippen LogP contribution in [-0.4, -0.2) is 117 Å². The first-order chi connectivity index (χ1) is 26.3. The molecule has 0 aromatic rings. The van der Waals surface area contributed by atoms with Crippen molar-refractivity contribution in [3.63, 3.8) is 0 Å². The lowest BCUT2D eigenvalue weighted by molar-refractivity contribution is -0.241. The van der Waals surface area contributed by atoms with Gasteiger partial charge in [0, 0.05) is 36.8 Å². The number of nitrogens with zero attached hydrogens (tertiary/aromatic N) is 2. The zero-order valence-corrected chi connectivity index (χ0v) is 34.2. The molecule has 4 heterocycles. The molecule has 2 spiro atoms. The van der Waals surface area contributed by atoms with E-state index in [1.807, 2.05) is 27.7 Å². The number of carbonyl (C=O) groups is 4. The summed E-state index contributed by atoms with van der Waals surface area (Å²) >= 11 is 0. The Morgan fingerprint density at radius 1 is 0.625 bits per heavy atom. The smallest absolute Gasteiger partial charge is 0.242 e. The number of Topliss-reactive ketones (excluding diaryl/α,β-unsaturated/α-hetero) is 2. The zero-order chi connectivity index (χ0) is 40.4. The number of allylic oxidation sites excluding steroid dienone is 4. The number of carbonyl (C=O) groups excluding carboxylic acids is 4. The average Bonchev–Trinajstić information content (AvgIpc) is 3.79. The van der Waals surface area contributed by atoms with Gasteiger partial charge in [-0.2, -0.15) is 0 Å². The summed E-state index contributed by atoms with van der Waals surface area (Å²) in [5.74, 6) is -3.78. The number of ketones is 2. The molecule has 4 N–H and O–H groups in total. The van der Waals surface area contributed by atoms with Crippen LogP contribution in [-0.2, 0) is 28.7 Å². The minimum Gasteiger partial charge on any atom is -0.394 e. The van der Waals surface area contributed by atoms with Crippen molar-refractivity contribution in [1.82, 2.24) is 9.80 Å². The van der Waals surface area contributed by atoms with Gasteiger partial charge in [-0.05, 0) is 86.9 Å². The van der Waals surface area contributed by atoms with Crippen LogP contribution in [0.25, 0.3) is 0 Å². The predicted octanol–water partition coefficient (Wildman–Crippen LogP) is 2.71. The highest BCUT2D eigenvalue weighted by Gasteiger charge is 2.89. The molecule has 10 rings (SSSR count). The van der Waals surface area contributed by atoms with Crippen molar-refractivity contribution in [2.24, 2.45) is 80.8 Å². The summed E-state index contributed by atoms with van der Waals surface area (Å²) in [7, 11) is 3.11. The fourth-order valence-corrected chi connectivity index (χ4v) is 15.8. The van der Waals surface area contributed by atoms with Gasteiger partial charge >= 0.3 is 0 Å². The number of aliphatic hydroxyl groups excluding tert-OH is 2. The number of fused-ring (bicyclic) bond motifs is 8. The van der Waals surface area contributed by atoms with Crippen molar-refractivity contribution in [1.29, 1.82) is 0 Å². The van der Waals surface area contributed by atoms with Gasteiger partial charge < -0.3 is 39.7 Å². The van der Waals surface area contributed by atoms with Crippen molar-refractivity contribution < 1.29 is 49.1 Å². The Morgan fingerprint density at radius 2 is 0.982 bits per heavy atom. The fraction of sp³-hybridized carbons (Fsp3) is 0.818. The highest BCUT2D eigenvalue weighted by atomic mass is 16.7. The summed E-state index contributed by atoms with van der Waals surface area (Å²) in [6.45, 7) is 11.4. The van der Waals surface area contributed by atoms with Gasteiger partial charge in [-0.1, -0.05) is 64.8 Å². The Bertz CT molecular complexity index is 1690. The van der Waals surface area contributed by atoms with Crippen LogP contribution in [0.15, 0.2) is 24.3 Å². The Kier molecular flexibility index (Phi) is 8.40. The Labute approximate surface area is 330 Å². The van der Waals surface area contributed by atoms with E-state index >= 15 is 0 Å². The maximum atomic E-state index is 14.2. The number of hydrogen-bond donors (Lipinski definition) is 4. The van der Waals surface area contributed by atoms with Crippen LogP contribution >= 0.6 is 0 Å². The van der Waals surface area contributed by atoms with Crippen molar-refractivity contribution in [3.05, 3.63) is 24.3 Å². The van der Waals surface area contributed by atoms with E-state index in [2.05, 4.69) is 38.2 Å². The molecular weight excluding hydrogens is 716 g/mol. The molecule has 308 valence electrons. The maximum absolute atomic E-state index is 14.2. The van der Waals surface area contributed by atoms with Gasteiger partial charge in [0.25, 0.3) is 0 Å². The van der Waals surface area contributed by atoms with Crippen LogP contribution in [0.4, 0.5) is 0 Å². The molecule has 4 saturated carbocycles. The van der Waals surface area contributed by atoms with Crippen molar-refractivity contribution in [2.45, 2.75) is 116 Å². The molecule has 12 nitrogen and oxygen atoms in total. The summed E-state index contributed by atoms with van der Waals surface area (Å²) in [6.07, 6.45) is 14.2. The Morgan fingerprint density at radius 3 is 1.32 bits per heavy atom. The molecule has 0 aromatic heterocycles. The van der Waals surface area contributed by atoms with Gasteiger partial charge in [0.05, 0.1) is 25.4 Å². The minimum atomic E-state index is -1.97. The first-order valence-corrected chi connectivity index (χ1v) is 21.3. The molecule has 56 heavy (non-hydrogen) atoms. The van der Waals surface area contributed by atoms with E-state index < -0.39 is 94.4 Å². The van der Waals surface area contributed by atoms with E-state index in [1.165, 1.54) is 9.80 Å². The van der Waals surface area contributed by atoms with E-state index in [0.717, 1.165) is 38.5 Å². The van der Waals surface area contributed by atoms with Crippen LogP contribution in [0.5, 0.6) is 0 Å². The lowest BCUT2D eigenvalue weighted by Crippen LogP contribution is -2.58. The summed E-state index contributed by atoms with van der Waals surface area (Å²) in [5, 5.41) is 43.2. The molecule has 10 aliphatic rings. The maximum Gasteiger partial charge on any atom is 0.242 e. The second kappa shape index (κ2) is 12.1. The second-order valence-electron chi connectivity index (χ2n) is 20.4. The van der Waals surface area contributed by atoms with E-state index in [4.69, 9.17) is 9.47 Å². The summed E-state index contributed by atoms with van der Waals surface area (Å²) in [5.41, 5.74) is -4.60. The third-order valence-electron chi connectivity index (χ3n) is 18.2. The molecule has 12 heteroatoms. The third kappa shape index (κ3) is 3.99. The van der Waals surface area contributed by atoms with Gasteiger partial charge in [0.2, 0.25) is 23.4 Å². The normalized spacial score (nSPS) is 57.2. The van der Waals surface area contributed by atoms with E-state index in [9.17, 15) is 39.6 Å². The van der Waals surface area contributed by atoms with Crippen LogP contribution in [0.1, 0.15) is 80.1 Å². The lowest BCUT2D eigenvalue weighted by Gasteiger charge is -2.49. The number of ether oxygens (including phenoxy) is 2. The minimum absolute atomic E-state index is 0.131. The van der Waals surface area contributed by atoms with E-state index in [-0.39, 0.29) is 35.2 Å². The van der Waals surface area contributed by atoms with Gasteiger partial charge in [-0.25, -0.2) is 0 Å². The molecule has 4 saturated heterocycles. The zero-order valence-electron chi connectivity index (χ0n) is 34.2. The molecular formula is C44H62N2O10. The van der Waals surface area contributed by atoms with Crippen LogP contribution in [0.2, 0.25) is 0 Å². The molecule has 0 unspecified atom stereocenters. The fourth-order valence-electron chi connectivity index (χ4n) is 15.8. The number of hydrogen-bond acceptors (Lipinski definition) is 10. The standard InChI is InChI=1S/2C22H31NO5/c2*1-11-5-7-14-13(9-11)6-8-15-17-12(2)28-22(27)16(10-24)23(4)19(26)21(17,22)18(25)20(14,15)3/h2*6,8,11-17,24,27H,5,7,9-10H2,1-4H3/t2*11-,12-,13-,14-,15+,16+,17+,20+,21+,22+/m00/s1. The summed E-state index contributed by atoms with van der Waals surface area (Å²) in [6, 6.07) is -1.85. The van der Waals surface area contributed by atoms with Crippen LogP contribution in [0, 0.1) is 80.8 Å². The quantitative estimate of drug-likeness (QED) is 0.241. The Balaban J connectivity index is 0.000000146. The SMILES string of the molecule is C[C@H]1CC[C@H]2[C@@H](C=C[C@@H]3[C@H]4[C@H](C)O[C@]5(O)[C@@H](CO)N(C)C(=O)[C@]45C(=O)[C@@]32C)C1.C[C@H]1CC[C@H]2[C@@H](C=C[C@@H]3[C@H]4[C@H](C)O[C@]5(O)[C@@H](CO)N(C)C(=O)[C@]45C(=O)[C@@]32C)C1. The molecule has 0 aromatic carbocycles. The number of aliphatic hydroxyl groups is 4. The monoisotopic (exact) mass is 778 g/mol. The average molecular weight is 779 g/mol. The molecule has 20 atom stereocenters. The van der Waals surface area contributed by atoms with Crippen molar-refractivity contribution in [3.8, 4) is 0 Å². The number of likely N-dealkylation sites (tertiary alicyclic amines) is 2. The topological polar surface area (TPSA) is 174 Å². The lowest BCUT2D eigenvalue weighted by atomic mass is 9.55. The predicted molar refractivity (Wildman–Crippen MR) is 202 cm³/mol. The number of rotatable bonds is 2. The molecule has 2 amide bonds. The number of amides is 2. The van der Waals surface area contributed by atoms with Gasteiger partial charge in [0.1, 0.15) is 12.1 Å².